The molecule has 1 unspecified atom stereocenters. The maximum atomic E-state index is 11.9. The molecule has 2 fully saturated rings. The van der Waals surface area contributed by atoms with Gasteiger partial charge in [0.2, 0.25) is 11.8 Å². The third-order valence-electron chi connectivity index (χ3n) is 3.82. The number of hydrogen-bond acceptors (Lipinski definition) is 3. The Kier molecular flexibility index (Phi) is 4.58. The molecule has 0 radical (unpaired) electrons. The first kappa shape index (κ1) is 13.3. The molecule has 102 valence electrons. The van der Waals surface area contributed by atoms with E-state index in [9.17, 15) is 9.59 Å². The summed E-state index contributed by atoms with van der Waals surface area (Å²) in [6, 6.07) is 0.155. The highest BCUT2D eigenvalue weighted by Gasteiger charge is 2.26. The van der Waals surface area contributed by atoms with Crippen LogP contribution < -0.4 is 10.6 Å². The highest BCUT2D eigenvalue weighted by atomic mass is 16.2. The Morgan fingerprint density at radius 3 is 2.83 bits per heavy atom. The van der Waals surface area contributed by atoms with Crippen LogP contribution >= 0.6 is 0 Å². The Balaban J connectivity index is 1.77. The van der Waals surface area contributed by atoms with Crippen LogP contribution in [-0.2, 0) is 9.59 Å². The third kappa shape index (κ3) is 3.45. The van der Waals surface area contributed by atoms with Crippen molar-refractivity contribution < 1.29 is 9.59 Å². The van der Waals surface area contributed by atoms with Gasteiger partial charge in [-0.2, -0.15) is 0 Å². The van der Waals surface area contributed by atoms with Crippen LogP contribution in [0.15, 0.2) is 0 Å². The second kappa shape index (κ2) is 6.18. The van der Waals surface area contributed by atoms with Gasteiger partial charge in [0, 0.05) is 19.1 Å². The van der Waals surface area contributed by atoms with Crippen molar-refractivity contribution in [2.45, 2.75) is 51.1 Å². The minimum atomic E-state index is -0.166. The average Bonchev–Trinajstić information content (AvgIpc) is 2.36. The predicted octanol–water partition coefficient (Wildman–Crippen LogP) is 0.256. The summed E-state index contributed by atoms with van der Waals surface area (Å²) in [6.07, 6.45) is 5.85. The van der Waals surface area contributed by atoms with Gasteiger partial charge in [-0.25, -0.2) is 0 Å². The molecule has 0 spiro atoms. The van der Waals surface area contributed by atoms with Crippen LogP contribution in [0.5, 0.6) is 0 Å². The Morgan fingerprint density at radius 2 is 2.11 bits per heavy atom. The summed E-state index contributed by atoms with van der Waals surface area (Å²) in [7, 11) is 0. The maximum absolute atomic E-state index is 11.9. The molecule has 0 aromatic carbocycles. The highest BCUT2D eigenvalue weighted by molar-refractivity contribution is 5.87. The van der Waals surface area contributed by atoms with Gasteiger partial charge in [0.25, 0.3) is 0 Å². The number of rotatable bonds is 3. The largest absolute Gasteiger partial charge is 0.352 e. The van der Waals surface area contributed by atoms with Gasteiger partial charge in [0.15, 0.2) is 0 Å². The second-order valence-corrected chi connectivity index (χ2v) is 5.34. The monoisotopic (exact) mass is 253 g/mol. The normalized spacial score (nSPS) is 26.2. The van der Waals surface area contributed by atoms with Gasteiger partial charge in [-0.05, 0) is 19.8 Å². The van der Waals surface area contributed by atoms with Gasteiger partial charge in [-0.3, -0.25) is 9.59 Å². The Bertz CT molecular complexity index is 313. The minimum Gasteiger partial charge on any atom is -0.352 e. The topological polar surface area (TPSA) is 61.4 Å². The van der Waals surface area contributed by atoms with Gasteiger partial charge >= 0.3 is 0 Å². The van der Waals surface area contributed by atoms with E-state index in [2.05, 4.69) is 10.6 Å². The van der Waals surface area contributed by atoms with E-state index in [0.29, 0.717) is 12.6 Å². The number of amides is 2. The first-order chi connectivity index (χ1) is 8.66. The van der Waals surface area contributed by atoms with Crippen molar-refractivity contribution in [3.8, 4) is 0 Å². The van der Waals surface area contributed by atoms with Crippen LogP contribution in [0.2, 0.25) is 0 Å². The SMILES string of the molecule is CC1NCCN(CC(=O)NC2CCCCC2)C1=O. The fourth-order valence-corrected chi connectivity index (χ4v) is 2.74. The molecule has 5 heteroatoms. The molecule has 0 aromatic rings. The quantitative estimate of drug-likeness (QED) is 0.758. The molecule has 5 nitrogen and oxygen atoms in total. The van der Waals surface area contributed by atoms with E-state index in [-0.39, 0.29) is 24.4 Å². The standard InChI is InChI=1S/C13H23N3O2/c1-10-13(18)16(8-7-14-10)9-12(17)15-11-5-3-2-4-6-11/h10-11,14H,2-9H2,1H3,(H,15,17). The molecular formula is C13H23N3O2. The molecule has 2 N–H and O–H groups in total. The zero-order valence-electron chi connectivity index (χ0n) is 11.1. The van der Waals surface area contributed by atoms with E-state index in [0.717, 1.165) is 19.4 Å². The lowest BCUT2D eigenvalue weighted by molar-refractivity contribution is -0.139. The lowest BCUT2D eigenvalue weighted by Crippen LogP contribution is -2.56. The van der Waals surface area contributed by atoms with Crippen LogP contribution in [0, 0.1) is 0 Å². The van der Waals surface area contributed by atoms with Crippen LogP contribution in [0.25, 0.3) is 0 Å². The first-order valence-corrected chi connectivity index (χ1v) is 6.98. The van der Waals surface area contributed by atoms with Crippen molar-refractivity contribution in [2.24, 2.45) is 0 Å². The number of nitrogens with zero attached hydrogens (tertiary/aromatic N) is 1. The molecule has 1 aliphatic heterocycles. The lowest BCUT2D eigenvalue weighted by Gasteiger charge is -2.31. The molecule has 1 heterocycles. The summed E-state index contributed by atoms with van der Waals surface area (Å²) in [5.41, 5.74) is 0. The molecule has 1 atom stereocenters. The Labute approximate surface area is 108 Å². The molecule has 2 amide bonds. The zero-order valence-corrected chi connectivity index (χ0v) is 11.1. The second-order valence-electron chi connectivity index (χ2n) is 5.34. The highest BCUT2D eigenvalue weighted by Crippen LogP contribution is 2.17. The van der Waals surface area contributed by atoms with E-state index in [1.807, 2.05) is 6.92 Å². The van der Waals surface area contributed by atoms with Gasteiger partial charge < -0.3 is 15.5 Å². The maximum Gasteiger partial charge on any atom is 0.239 e. The van der Waals surface area contributed by atoms with Crippen LogP contribution in [-0.4, -0.2) is 48.4 Å². The van der Waals surface area contributed by atoms with Crippen molar-refractivity contribution in [2.75, 3.05) is 19.6 Å². The van der Waals surface area contributed by atoms with E-state index >= 15 is 0 Å². The van der Waals surface area contributed by atoms with E-state index < -0.39 is 0 Å². The molecule has 0 bridgehead atoms. The van der Waals surface area contributed by atoms with Crippen molar-refractivity contribution in [1.29, 1.82) is 0 Å². The molecule has 18 heavy (non-hydrogen) atoms. The Hall–Kier alpha value is -1.10. The molecule has 0 aromatic heterocycles. The lowest BCUT2D eigenvalue weighted by atomic mass is 9.95. The summed E-state index contributed by atoms with van der Waals surface area (Å²) >= 11 is 0. The number of nitrogens with one attached hydrogen (secondary N) is 2. The third-order valence-corrected chi connectivity index (χ3v) is 3.82. The van der Waals surface area contributed by atoms with Crippen LogP contribution in [0.4, 0.5) is 0 Å². The first-order valence-electron chi connectivity index (χ1n) is 6.98. The van der Waals surface area contributed by atoms with Crippen molar-refractivity contribution in [3.63, 3.8) is 0 Å². The number of carbonyl (C=O) groups is 2. The van der Waals surface area contributed by atoms with Crippen LogP contribution in [0.3, 0.4) is 0 Å². The summed E-state index contributed by atoms with van der Waals surface area (Å²) in [5.74, 6) is 0.0180. The zero-order chi connectivity index (χ0) is 13.0. The summed E-state index contributed by atoms with van der Waals surface area (Å²) in [4.78, 5) is 25.4. The number of hydrogen-bond donors (Lipinski definition) is 2. The molecule has 2 rings (SSSR count). The number of piperazine rings is 1. The van der Waals surface area contributed by atoms with Gasteiger partial charge in [-0.15, -0.1) is 0 Å². The average molecular weight is 253 g/mol. The smallest absolute Gasteiger partial charge is 0.239 e. The summed E-state index contributed by atoms with van der Waals surface area (Å²) < 4.78 is 0. The van der Waals surface area contributed by atoms with Crippen molar-refractivity contribution in [3.05, 3.63) is 0 Å². The predicted molar refractivity (Wildman–Crippen MR) is 69.1 cm³/mol. The van der Waals surface area contributed by atoms with E-state index in [4.69, 9.17) is 0 Å². The van der Waals surface area contributed by atoms with E-state index in [1.165, 1.54) is 19.3 Å². The number of carbonyl (C=O) groups excluding carboxylic acids is 2. The van der Waals surface area contributed by atoms with Gasteiger partial charge in [0.05, 0.1) is 12.6 Å². The van der Waals surface area contributed by atoms with Crippen molar-refractivity contribution >= 4 is 11.8 Å². The fraction of sp³-hybridized carbons (Fsp3) is 0.846. The Morgan fingerprint density at radius 1 is 1.39 bits per heavy atom. The summed E-state index contributed by atoms with van der Waals surface area (Å²) in [5, 5.41) is 6.14. The minimum absolute atomic E-state index is 0.00986. The molecule has 1 saturated carbocycles. The van der Waals surface area contributed by atoms with Crippen LogP contribution in [0.1, 0.15) is 39.0 Å². The molecule has 1 aliphatic carbocycles. The molecule has 2 aliphatic rings. The van der Waals surface area contributed by atoms with Gasteiger partial charge in [0.1, 0.15) is 0 Å². The molecular weight excluding hydrogens is 230 g/mol. The summed E-state index contributed by atoms with van der Waals surface area (Å²) in [6.45, 7) is 3.44. The van der Waals surface area contributed by atoms with E-state index in [1.54, 1.807) is 4.90 Å². The molecule has 1 saturated heterocycles. The van der Waals surface area contributed by atoms with Gasteiger partial charge in [-0.1, -0.05) is 19.3 Å². The fourth-order valence-electron chi connectivity index (χ4n) is 2.74. The van der Waals surface area contributed by atoms with Crippen molar-refractivity contribution in [1.82, 2.24) is 15.5 Å².